The predicted molar refractivity (Wildman–Crippen MR) is 153 cm³/mol. The van der Waals surface area contributed by atoms with E-state index in [1.54, 1.807) is 6.33 Å². The first kappa shape index (κ1) is 24.5. The number of H-pyrrole nitrogens is 2. The van der Waals surface area contributed by atoms with E-state index >= 15 is 0 Å². The van der Waals surface area contributed by atoms with Crippen LogP contribution in [0, 0.1) is 12.3 Å². The second kappa shape index (κ2) is 9.20. The van der Waals surface area contributed by atoms with Crippen molar-refractivity contribution in [3.05, 3.63) is 84.0 Å². The van der Waals surface area contributed by atoms with Gasteiger partial charge >= 0.3 is 0 Å². The summed E-state index contributed by atoms with van der Waals surface area (Å²) in [6.07, 6.45) is 14.3. The summed E-state index contributed by atoms with van der Waals surface area (Å²) in [6.45, 7) is 9.74. The first-order chi connectivity index (χ1) is 18.7. The number of amides is 1. The largest absolute Gasteiger partial charge is 0.352 e. The van der Waals surface area contributed by atoms with Crippen molar-refractivity contribution in [3.63, 3.8) is 0 Å². The highest BCUT2D eigenvalue weighted by Gasteiger charge is 2.22. The van der Waals surface area contributed by atoms with E-state index in [0.29, 0.717) is 0 Å². The first-order valence-corrected chi connectivity index (χ1v) is 12.9. The quantitative estimate of drug-likeness (QED) is 0.279. The summed E-state index contributed by atoms with van der Waals surface area (Å²) >= 11 is 0. The fourth-order valence-electron chi connectivity index (χ4n) is 4.60. The van der Waals surface area contributed by atoms with Crippen molar-refractivity contribution in [2.75, 3.05) is 0 Å². The van der Waals surface area contributed by atoms with Gasteiger partial charge in [0, 0.05) is 22.7 Å². The molecule has 9 heteroatoms. The SMILES string of the molecule is CC1=CC(NC(=O)C(C)(C)C)=CC(c2ccc3[nH]nc(-c4cc5c(-n6cnc(C)c6)cncc5[nH]4)c3n2)=CC1. The molecule has 0 radical (unpaired) electrons. The number of nitrogens with one attached hydrogen (secondary N) is 3. The Kier molecular flexibility index (Phi) is 5.79. The van der Waals surface area contributed by atoms with E-state index in [-0.39, 0.29) is 5.91 Å². The predicted octanol–water partition coefficient (Wildman–Crippen LogP) is 5.77. The Labute approximate surface area is 225 Å². The topological polar surface area (TPSA) is 117 Å². The van der Waals surface area contributed by atoms with E-state index < -0.39 is 5.41 Å². The molecule has 0 spiro atoms. The molecule has 9 nitrogen and oxygen atoms in total. The summed E-state index contributed by atoms with van der Waals surface area (Å²) in [6, 6.07) is 6.04. The van der Waals surface area contributed by atoms with Gasteiger partial charge in [0.2, 0.25) is 5.91 Å². The number of rotatable bonds is 4. The monoisotopic (exact) mass is 518 g/mol. The van der Waals surface area contributed by atoms with Crippen molar-refractivity contribution < 1.29 is 4.79 Å². The number of nitrogens with zero attached hydrogens (tertiary/aromatic N) is 5. The number of aryl methyl sites for hydroxylation is 1. The summed E-state index contributed by atoms with van der Waals surface area (Å²) < 4.78 is 1.97. The fourth-order valence-corrected chi connectivity index (χ4v) is 4.60. The van der Waals surface area contributed by atoms with Crippen LogP contribution in [0.5, 0.6) is 0 Å². The summed E-state index contributed by atoms with van der Waals surface area (Å²) in [4.78, 5) is 29.9. The minimum Gasteiger partial charge on any atom is -0.352 e. The molecule has 0 saturated carbocycles. The van der Waals surface area contributed by atoms with Gasteiger partial charge < -0.3 is 14.9 Å². The Morgan fingerprint density at radius 2 is 1.95 bits per heavy atom. The Bertz CT molecular complexity index is 1840. The average Bonchev–Trinajstić information content (AvgIpc) is 3.59. The highest BCUT2D eigenvalue weighted by atomic mass is 16.2. The Morgan fingerprint density at radius 3 is 2.72 bits per heavy atom. The third-order valence-corrected chi connectivity index (χ3v) is 6.77. The third-order valence-electron chi connectivity index (χ3n) is 6.77. The van der Waals surface area contributed by atoms with Gasteiger partial charge in [-0.15, -0.1) is 0 Å². The molecule has 5 aromatic heterocycles. The maximum atomic E-state index is 12.7. The first-order valence-electron chi connectivity index (χ1n) is 12.9. The van der Waals surface area contributed by atoms with Gasteiger partial charge in [-0.2, -0.15) is 5.10 Å². The maximum Gasteiger partial charge on any atom is 0.229 e. The second-order valence-electron chi connectivity index (χ2n) is 11.0. The zero-order chi connectivity index (χ0) is 27.3. The molecule has 1 amide bonds. The molecule has 0 aliphatic heterocycles. The minimum atomic E-state index is -0.493. The minimum absolute atomic E-state index is 0.0295. The van der Waals surface area contributed by atoms with Crippen molar-refractivity contribution in [1.82, 2.24) is 40.0 Å². The Hall–Kier alpha value is -4.79. The van der Waals surface area contributed by atoms with Crippen molar-refractivity contribution in [1.29, 1.82) is 0 Å². The van der Waals surface area contributed by atoms with Crippen LogP contribution < -0.4 is 5.32 Å². The van der Waals surface area contributed by atoms with Gasteiger partial charge in [-0.1, -0.05) is 32.4 Å². The van der Waals surface area contributed by atoms with Crippen LogP contribution in [0.15, 0.2) is 72.6 Å². The van der Waals surface area contributed by atoms with Crippen LogP contribution in [-0.2, 0) is 4.79 Å². The number of hydrogen-bond donors (Lipinski definition) is 3. The zero-order valence-corrected chi connectivity index (χ0v) is 22.6. The molecule has 1 aliphatic rings. The van der Waals surface area contributed by atoms with Crippen LogP contribution in [-0.4, -0.2) is 40.6 Å². The van der Waals surface area contributed by atoms with Crippen LogP contribution in [0.1, 0.15) is 45.5 Å². The lowest BCUT2D eigenvalue weighted by atomic mass is 9.95. The molecule has 1 aliphatic carbocycles. The van der Waals surface area contributed by atoms with E-state index in [4.69, 9.17) is 4.98 Å². The lowest BCUT2D eigenvalue weighted by Gasteiger charge is -2.18. The number of carbonyl (C=O) groups excluding carboxylic acids is 1. The zero-order valence-electron chi connectivity index (χ0n) is 22.6. The van der Waals surface area contributed by atoms with Gasteiger partial charge in [-0.25, -0.2) is 9.97 Å². The van der Waals surface area contributed by atoms with Gasteiger partial charge in [0.15, 0.2) is 0 Å². The molecule has 39 heavy (non-hydrogen) atoms. The van der Waals surface area contributed by atoms with E-state index in [1.807, 2.05) is 75.1 Å². The van der Waals surface area contributed by atoms with Crippen LogP contribution >= 0.6 is 0 Å². The van der Waals surface area contributed by atoms with E-state index in [2.05, 4.69) is 49.5 Å². The normalized spacial score (nSPS) is 14.2. The number of imidazole rings is 1. The highest BCUT2D eigenvalue weighted by Crippen LogP contribution is 2.32. The second-order valence-corrected chi connectivity index (χ2v) is 11.0. The molecular formula is C30H30N8O. The third kappa shape index (κ3) is 4.67. The van der Waals surface area contributed by atoms with Gasteiger partial charge in [0.05, 0.1) is 52.5 Å². The molecular weight excluding hydrogens is 488 g/mol. The van der Waals surface area contributed by atoms with Gasteiger partial charge in [-0.3, -0.25) is 14.9 Å². The molecule has 6 rings (SSSR count). The molecule has 5 aromatic rings. The maximum absolute atomic E-state index is 12.7. The number of pyridine rings is 2. The molecule has 0 bridgehead atoms. The van der Waals surface area contributed by atoms with Crippen molar-refractivity contribution in [2.24, 2.45) is 5.41 Å². The fraction of sp³-hybridized carbons (Fsp3) is 0.233. The number of aromatic amines is 2. The molecule has 196 valence electrons. The van der Waals surface area contributed by atoms with Crippen LogP contribution in [0.25, 0.3) is 44.6 Å². The average molecular weight is 519 g/mol. The number of aromatic nitrogens is 7. The Balaban J connectivity index is 1.40. The van der Waals surface area contributed by atoms with Gasteiger partial charge in [-0.05, 0) is 56.2 Å². The van der Waals surface area contributed by atoms with Crippen LogP contribution in [0.2, 0.25) is 0 Å². The summed E-state index contributed by atoms with van der Waals surface area (Å²) in [5.74, 6) is -0.0295. The molecule has 3 N–H and O–H groups in total. The lowest BCUT2D eigenvalue weighted by molar-refractivity contribution is -0.127. The number of carbonyl (C=O) groups is 1. The van der Waals surface area contributed by atoms with E-state index in [1.165, 1.54) is 0 Å². The molecule has 0 aromatic carbocycles. The van der Waals surface area contributed by atoms with Crippen LogP contribution in [0.4, 0.5) is 0 Å². The summed E-state index contributed by atoms with van der Waals surface area (Å²) in [7, 11) is 0. The van der Waals surface area contributed by atoms with E-state index in [0.717, 1.165) is 73.7 Å². The Morgan fingerprint density at radius 1 is 1.10 bits per heavy atom. The number of fused-ring (bicyclic) bond motifs is 2. The van der Waals surface area contributed by atoms with Crippen molar-refractivity contribution in [3.8, 4) is 17.1 Å². The molecule has 5 heterocycles. The molecule has 0 saturated heterocycles. The highest BCUT2D eigenvalue weighted by molar-refractivity contribution is 5.96. The van der Waals surface area contributed by atoms with Crippen molar-refractivity contribution in [2.45, 2.75) is 41.0 Å². The number of allylic oxidation sites excluding steroid dienone is 5. The lowest BCUT2D eigenvalue weighted by Crippen LogP contribution is -2.33. The van der Waals surface area contributed by atoms with E-state index in [9.17, 15) is 4.79 Å². The molecule has 0 unspecified atom stereocenters. The van der Waals surface area contributed by atoms with Crippen LogP contribution in [0.3, 0.4) is 0 Å². The summed E-state index contributed by atoms with van der Waals surface area (Å²) in [5.41, 5.74) is 9.11. The standard InChI is InChI=1S/C30H30N8O/c1-17-6-7-19(11-20(10-17)33-29(39)30(3,4)5)22-8-9-23-27(35-22)28(37-36-23)24-12-21-25(34-24)13-31-14-26(21)38-15-18(2)32-16-38/h7-16,34H,6H2,1-5H3,(H,33,39)(H,36,37). The number of hydrogen-bond acceptors (Lipinski definition) is 5. The summed E-state index contributed by atoms with van der Waals surface area (Å²) in [5, 5.41) is 11.8. The van der Waals surface area contributed by atoms with Gasteiger partial charge in [0.1, 0.15) is 11.2 Å². The molecule has 0 fully saturated rings. The molecule has 0 atom stereocenters. The van der Waals surface area contributed by atoms with Gasteiger partial charge in [0.25, 0.3) is 0 Å². The van der Waals surface area contributed by atoms with Crippen molar-refractivity contribution >= 4 is 33.4 Å². The smallest absolute Gasteiger partial charge is 0.229 e.